The molecule has 0 amide bonds. The fourth-order valence-corrected chi connectivity index (χ4v) is 1.65. The second kappa shape index (κ2) is 2.46. The van der Waals surface area contributed by atoms with Crippen molar-refractivity contribution in [1.82, 2.24) is 0 Å². The number of carboxylic acid groups (broad SMARTS) is 1. The molecule has 0 heterocycles. The monoisotopic (exact) mass is 171 g/mol. The molecule has 1 atom stereocenters. The van der Waals surface area contributed by atoms with Gasteiger partial charge in [-0.25, -0.2) is 0 Å². The molecular formula is C9H17NO2. The SMILES string of the molecule is CC(C)(C)C(N)(C(=O)O)C1CC1. The molecule has 1 fully saturated rings. The Kier molecular flexibility index (Phi) is 1.95. The first kappa shape index (κ1) is 9.52. The molecule has 1 rings (SSSR count). The van der Waals surface area contributed by atoms with Crippen LogP contribution in [0, 0.1) is 11.3 Å². The lowest BCUT2D eigenvalue weighted by Crippen LogP contribution is -2.59. The minimum absolute atomic E-state index is 0.176. The van der Waals surface area contributed by atoms with Crippen molar-refractivity contribution in [2.24, 2.45) is 17.1 Å². The van der Waals surface area contributed by atoms with Gasteiger partial charge in [0.15, 0.2) is 0 Å². The van der Waals surface area contributed by atoms with Crippen LogP contribution in [0.3, 0.4) is 0 Å². The number of hydrogen-bond acceptors (Lipinski definition) is 2. The molecule has 1 aliphatic carbocycles. The summed E-state index contributed by atoms with van der Waals surface area (Å²) < 4.78 is 0. The highest BCUT2D eigenvalue weighted by molar-refractivity contribution is 5.80. The largest absolute Gasteiger partial charge is 0.480 e. The van der Waals surface area contributed by atoms with Gasteiger partial charge in [0.1, 0.15) is 5.54 Å². The summed E-state index contributed by atoms with van der Waals surface area (Å²) in [4.78, 5) is 11.0. The first-order valence-electron chi connectivity index (χ1n) is 4.32. The van der Waals surface area contributed by atoms with E-state index in [1.54, 1.807) is 0 Å². The fraction of sp³-hybridized carbons (Fsp3) is 0.889. The van der Waals surface area contributed by atoms with Crippen LogP contribution < -0.4 is 5.73 Å². The fourth-order valence-electron chi connectivity index (χ4n) is 1.65. The Bertz CT molecular complexity index is 203. The van der Waals surface area contributed by atoms with Gasteiger partial charge in [-0.3, -0.25) is 4.79 Å². The van der Waals surface area contributed by atoms with Gasteiger partial charge >= 0.3 is 5.97 Å². The molecule has 1 unspecified atom stereocenters. The zero-order chi connectivity index (χ0) is 9.57. The van der Waals surface area contributed by atoms with Crippen LogP contribution in [0.2, 0.25) is 0 Å². The van der Waals surface area contributed by atoms with Gasteiger partial charge in [0.2, 0.25) is 0 Å². The van der Waals surface area contributed by atoms with E-state index in [1.165, 1.54) is 0 Å². The molecule has 70 valence electrons. The van der Waals surface area contributed by atoms with Crippen LogP contribution in [-0.2, 0) is 4.79 Å². The predicted molar refractivity (Wildman–Crippen MR) is 46.7 cm³/mol. The number of carboxylic acids is 1. The van der Waals surface area contributed by atoms with Gasteiger partial charge in [-0.15, -0.1) is 0 Å². The van der Waals surface area contributed by atoms with Gasteiger partial charge in [-0.1, -0.05) is 20.8 Å². The van der Waals surface area contributed by atoms with E-state index in [2.05, 4.69) is 0 Å². The predicted octanol–water partition coefficient (Wildman–Crippen LogP) is 1.22. The number of carbonyl (C=O) groups is 1. The van der Waals surface area contributed by atoms with Crippen molar-refractivity contribution >= 4 is 5.97 Å². The lowest BCUT2D eigenvalue weighted by Gasteiger charge is -2.38. The molecule has 3 nitrogen and oxygen atoms in total. The van der Waals surface area contributed by atoms with Crippen molar-refractivity contribution in [3.05, 3.63) is 0 Å². The van der Waals surface area contributed by atoms with E-state index < -0.39 is 11.5 Å². The third kappa shape index (κ3) is 1.22. The Hall–Kier alpha value is -0.570. The molecule has 0 spiro atoms. The van der Waals surface area contributed by atoms with E-state index in [0.29, 0.717) is 0 Å². The zero-order valence-corrected chi connectivity index (χ0v) is 7.92. The number of rotatable bonds is 2. The lowest BCUT2D eigenvalue weighted by molar-refractivity contribution is -0.149. The maximum Gasteiger partial charge on any atom is 0.324 e. The van der Waals surface area contributed by atoms with Crippen molar-refractivity contribution in [1.29, 1.82) is 0 Å². The molecule has 3 N–H and O–H groups in total. The highest BCUT2D eigenvalue weighted by Gasteiger charge is 2.55. The summed E-state index contributed by atoms with van der Waals surface area (Å²) in [5, 5.41) is 9.05. The quantitative estimate of drug-likeness (QED) is 0.656. The van der Waals surface area contributed by atoms with E-state index in [-0.39, 0.29) is 11.3 Å². The molecule has 1 aliphatic rings. The van der Waals surface area contributed by atoms with Crippen molar-refractivity contribution in [2.45, 2.75) is 39.2 Å². The van der Waals surface area contributed by atoms with E-state index >= 15 is 0 Å². The average Bonchev–Trinajstić information content (AvgIpc) is 2.63. The summed E-state index contributed by atoms with van der Waals surface area (Å²) in [5.41, 5.74) is 4.53. The minimum atomic E-state index is -1.03. The Labute approximate surface area is 72.9 Å². The highest BCUT2D eigenvalue weighted by atomic mass is 16.4. The molecule has 1 saturated carbocycles. The summed E-state index contributed by atoms with van der Waals surface area (Å²) in [6, 6.07) is 0. The molecule has 0 aromatic carbocycles. The summed E-state index contributed by atoms with van der Waals surface area (Å²) in [5.74, 6) is -0.688. The second-order valence-electron chi connectivity index (χ2n) is 4.70. The summed E-state index contributed by atoms with van der Waals surface area (Å²) in [7, 11) is 0. The molecule has 0 aromatic rings. The van der Waals surface area contributed by atoms with Gasteiger partial charge in [0.05, 0.1) is 0 Å². The molecule has 0 aromatic heterocycles. The van der Waals surface area contributed by atoms with Crippen LogP contribution in [0.4, 0.5) is 0 Å². The summed E-state index contributed by atoms with van der Waals surface area (Å²) in [6.45, 7) is 5.66. The van der Waals surface area contributed by atoms with Crippen LogP contribution in [0.1, 0.15) is 33.6 Å². The molecule has 3 heteroatoms. The van der Waals surface area contributed by atoms with Crippen LogP contribution in [0.25, 0.3) is 0 Å². The number of nitrogens with two attached hydrogens (primary N) is 1. The topological polar surface area (TPSA) is 63.3 Å². The van der Waals surface area contributed by atoms with Gasteiger partial charge in [-0.05, 0) is 24.2 Å². The Morgan fingerprint density at radius 1 is 1.42 bits per heavy atom. The van der Waals surface area contributed by atoms with E-state index in [0.717, 1.165) is 12.8 Å². The van der Waals surface area contributed by atoms with Gasteiger partial charge in [-0.2, -0.15) is 0 Å². The maximum absolute atomic E-state index is 11.0. The smallest absolute Gasteiger partial charge is 0.324 e. The normalized spacial score (nSPS) is 23.3. The standard InChI is InChI=1S/C9H17NO2/c1-8(2,3)9(10,7(11)12)6-4-5-6/h6H,4-5,10H2,1-3H3,(H,11,12). The van der Waals surface area contributed by atoms with Crippen LogP contribution >= 0.6 is 0 Å². The number of hydrogen-bond donors (Lipinski definition) is 2. The van der Waals surface area contributed by atoms with Crippen molar-refractivity contribution in [3.8, 4) is 0 Å². The maximum atomic E-state index is 11.0. The third-order valence-electron chi connectivity index (χ3n) is 2.82. The molecule has 0 aliphatic heterocycles. The van der Waals surface area contributed by atoms with Crippen LogP contribution in [0.5, 0.6) is 0 Å². The first-order valence-corrected chi connectivity index (χ1v) is 4.32. The molecule has 0 saturated heterocycles. The molecule has 0 bridgehead atoms. The van der Waals surface area contributed by atoms with E-state index in [4.69, 9.17) is 10.8 Å². The van der Waals surface area contributed by atoms with Crippen molar-refractivity contribution in [3.63, 3.8) is 0 Å². The van der Waals surface area contributed by atoms with Crippen LogP contribution in [-0.4, -0.2) is 16.6 Å². The summed E-state index contributed by atoms with van der Waals surface area (Å²) >= 11 is 0. The Morgan fingerprint density at radius 3 is 1.92 bits per heavy atom. The lowest BCUT2D eigenvalue weighted by atomic mass is 9.71. The van der Waals surface area contributed by atoms with E-state index in [1.807, 2.05) is 20.8 Å². The molecular weight excluding hydrogens is 154 g/mol. The first-order chi connectivity index (χ1) is 5.30. The van der Waals surface area contributed by atoms with Crippen molar-refractivity contribution < 1.29 is 9.90 Å². The minimum Gasteiger partial charge on any atom is -0.480 e. The molecule has 0 radical (unpaired) electrons. The molecule has 12 heavy (non-hydrogen) atoms. The second-order valence-corrected chi connectivity index (χ2v) is 4.70. The number of aliphatic carboxylic acids is 1. The van der Waals surface area contributed by atoms with Gasteiger partial charge < -0.3 is 10.8 Å². The average molecular weight is 171 g/mol. The van der Waals surface area contributed by atoms with Crippen LogP contribution in [0.15, 0.2) is 0 Å². The summed E-state index contributed by atoms with van der Waals surface area (Å²) in [6.07, 6.45) is 1.92. The van der Waals surface area contributed by atoms with Gasteiger partial charge in [0.25, 0.3) is 0 Å². The Balaban J connectivity index is 2.93. The van der Waals surface area contributed by atoms with E-state index in [9.17, 15) is 4.79 Å². The third-order valence-corrected chi connectivity index (χ3v) is 2.82. The highest BCUT2D eigenvalue weighted by Crippen LogP contribution is 2.47. The van der Waals surface area contributed by atoms with Crippen molar-refractivity contribution in [2.75, 3.05) is 0 Å². The zero-order valence-electron chi connectivity index (χ0n) is 7.92. The van der Waals surface area contributed by atoms with Gasteiger partial charge in [0, 0.05) is 0 Å². The Morgan fingerprint density at radius 2 is 1.83 bits per heavy atom.